The lowest BCUT2D eigenvalue weighted by Gasteiger charge is -1.96. The van der Waals surface area contributed by atoms with Gasteiger partial charge in [-0.2, -0.15) is 4.57 Å². The largest absolute Gasteiger partial charge is 0.358 e. The van der Waals surface area contributed by atoms with E-state index >= 15 is 0 Å². The highest BCUT2D eigenvalue weighted by molar-refractivity contribution is 5.18. The standard InChI is InChI=1S/C10H11N4O2/c1-12-9(11-7-10(12)14(15)16)8-13-5-3-2-4-6-13/h2-7H,8H2,1H3/q+1. The van der Waals surface area contributed by atoms with E-state index in [1.165, 1.54) is 10.8 Å². The number of hydrogen-bond donors (Lipinski definition) is 0. The molecule has 0 radical (unpaired) electrons. The van der Waals surface area contributed by atoms with Crippen LogP contribution in [0, 0.1) is 10.1 Å². The van der Waals surface area contributed by atoms with Crippen LogP contribution in [0.15, 0.2) is 36.8 Å². The average Bonchev–Trinajstić information content (AvgIpc) is 2.62. The third kappa shape index (κ3) is 1.90. The molecule has 0 aromatic carbocycles. The van der Waals surface area contributed by atoms with Crippen molar-refractivity contribution >= 4 is 5.82 Å². The van der Waals surface area contributed by atoms with Crippen molar-refractivity contribution in [3.63, 3.8) is 0 Å². The molecule has 2 rings (SSSR count). The van der Waals surface area contributed by atoms with Crippen LogP contribution in [0.4, 0.5) is 5.82 Å². The van der Waals surface area contributed by atoms with Crippen LogP contribution in [-0.4, -0.2) is 14.5 Å². The minimum absolute atomic E-state index is 0.00605. The van der Waals surface area contributed by atoms with Gasteiger partial charge in [-0.15, -0.1) is 0 Å². The molecule has 0 aliphatic heterocycles. The summed E-state index contributed by atoms with van der Waals surface area (Å²) in [5.41, 5.74) is 0. The van der Waals surface area contributed by atoms with Gasteiger partial charge in [-0.3, -0.25) is 0 Å². The van der Waals surface area contributed by atoms with Gasteiger partial charge >= 0.3 is 5.82 Å². The van der Waals surface area contributed by atoms with Gasteiger partial charge in [-0.1, -0.05) is 6.07 Å². The van der Waals surface area contributed by atoms with Crippen molar-refractivity contribution in [3.8, 4) is 0 Å². The van der Waals surface area contributed by atoms with Crippen molar-refractivity contribution in [2.24, 2.45) is 7.05 Å². The third-order valence-electron chi connectivity index (χ3n) is 2.35. The van der Waals surface area contributed by atoms with Crippen LogP contribution < -0.4 is 4.57 Å². The van der Waals surface area contributed by atoms with Crippen LogP contribution in [0.5, 0.6) is 0 Å². The van der Waals surface area contributed by atoms with Crippen LogP contribution in [0.1, 0.15) is 5.82 Å². The van der Waals surface area contributed by atoms with Crippen LogP contribution in [-0.2, 0) is 13.6 Å². The Labute approximate surface area is 91.9 Å². The Kier molecular flexibility index (Phi) is 2.63. The predicted octanol–water partition coefficient (Wildman–Crippen LogP) is 0.664. The van der Waals surface area contributed by atoms with E-state index in [2.05, 4.69) is 4.98 Å². The Hall–Kier alpha value is -2.24. The fraction of sp³-hybridized carbons (Fsp3) is 0.200. The summed E-state index contributed by atoms with van der Waals surface area (Å²) in [4.78, 5) is 14.2. The second kappa shape index (κ2) is 4.09. The molecule has 0 unspecified atom stereocenters. The average molecular weight is 219 g/mol. The zero-order valence-electron chi connectivity index (χ0n) is 8.78. The summed E-state index contributed by atoms with van der Waals surface area (Å²) in [5.74, 6) is 0.662. The maximum atomic E-state index is 10.6. The van der Waals surface area contributed by atoms with Crippen molar-refractivity contribution in [1.29, 1.82) is 0 Å². The van der Waals surface area contributed by atoms with Crippen molar-refractivity contribution in [3.05, 3.63) is 52.7 Å². The van der Waals surface area contributed by atoms with Gasteiger partial charge in [0.05, 0.1) is 7.05 Å². The molecule has 0 saturated heterocycles. The molecule has 0 amide bonds. The molecule has 0 fully saturated rings. The van der Waals surface area contributed by atoms with E-state index in [4.69, 9.17) is 0 Å². The molecule has 0 N–H and O–H groups in total. The SMILES string of the molecule is Cn1c([N+](=O)[O-])cnc1C[n+]1ccccc1. The zero-order chi connectivity index (χ0) is 11.5. The minimum Gasteiger partial charge on any atom is -0.358 e. The Morgan fingerprint density at radius 2 is 2.12 bits per heavy atom. The summed E-state index contributed by atoms with van der Waals surface area (Å²) in [6, 6.07) is 5.71. The van der Waals surface area contributed by atoms with Crippen molar-refractivity contribution in [2.75, 3.05) is 0 Å². The Balaban J connectivity index is 2.26. The van der Waals surface area contributed by atoms with Gasteiger partial charge in [0.2, 0.25) is 6.54 Å². The molecule has 6 heteroatoms. The van der Waals surface area contributed by atoms with Crippen LogP contribution in [0.3, 0.4) is 0 Å². The number of nitro groups is 1. The second-order valence-electron chi connectivity index (χ2n) is 3.40. The molecular formula is C10H11N4O2+. The molecule has 0 spiro atoms. The van der Waals surface area contributed by atoms with Gasteiger partial charge in [0, 0.05) is 12.1 Å². The van der Waals surface area contributed by atoms with Gasteiger partial charge in [0.15, 0.2) is 12.4 Å². The zero-order valence-corrected chi connectivity index (χ0v) is 8.78. The minimum atomic E-state index is -0.438. The molecular weight excluding hydrogens is 208 g/mol. The highest BCUT2D eigenvalue weighted by Gasteiger charge is 2.19. The van der Waals surface area contributed by atoms with Gasteiger partial charge in [0.25, 0.3) is 5.82 Å². The first-order valence-electron chi connectivity index (χ1n) is 4.77. The fourth-order valence-electron chi connectivity index (χ4n) is 1.46. The highest BCUT2D eigenvalue weighted by atomic mass is 16.6. The van der Waals surface area contributed by atoms with Crippen molar-refractivity contribution < 1.29 is 9.49 Å². The number of hydrogen-bond acceptors (Lipinski definition) is 3. The van der Waals surface area contributed by atoms with E-state index in [1.807, 2.05) is 35.2 Å². The van der Waals surface area contributed by atoms with Crippen LogP contribution >= 0.6 is 0 Å². The Morgan fingerprint density at radius 1 is 1.44 bits per heavy atom. The second-order valence-corrected chi connectivity index (χ2v) is 3.40. The molecule has 82 valence electrons. The van der Waals surface area contributed by atoms with Gasteiger partial charge in [-0.25, -0.2) is 9.55 Å². The van der Waals surface area contributed by atoms with Crippen LogP contribution in [0.2, 0.25) is 0 Å². The fourth-order valence-corrected chi connectivity index (χ4v) is 1.46. The lowest BCUT2D eigenvalue weighted by atomic mass is 10.4. The van der Waals surface area contributed by atoms with Crippen molar-refractivity contribution in [2.45, 2.75) is 6.54 Å². The molecule has 2 heterocycles. The number of pyridine rings is 1. The molecule has 0 aliphatic rings. The molecule has 16 heavy (non-hydrogen) atoms. The molecule has 6 nitrogen and oxygen atoms in total. The van der Waals surface area contributed by atoms with E-state index in [0.29, 0.717) is 12.4 Å². The van der Waals surface area contributed by atoms with Gasteiger partial charge in [0.1, 0.15) is 6.20 Å². The highest BCUT2D eigenvalue weighted by Crippen LogP contribution is 2.10. The topological polar surface area (TPSA) is 64.8 Å². The van der Waals surface area contributed by atoms with Crippen molar-refractivity contribution in [1.82, 2.24) is 9.55 Å². The predicted molar refractivity (Wildman–Crippen MR) is 55.6 cm³/mol. The molecule has 0 saturated carbocycles. The summed E-state index contributed by atoms with van der Waals surface area (Å²) < 4.78 is 3.39. The lowest BCUT2D eigenvalue weighted by Crippen LogP contribution is -2.34. The molecule has 0 bridgehead atoms. The number of rotatable bonds is 3. The van der Waals surface area contributed by atoms with E-state index in [9.17, 15) is 10.1 Å². The van der Waals surface area contributed by atoms with Crippen LogP contribution in [0.25, 0.3) is 0 Å². The smallest absolute Gasteiger partial charge is 0.342 e. The maximum Gasteiger partial charge on any atom is 0.342 e. The molecule has 0 atom stereocenters. The first kappa shape index (κ1) is 10.3. The first-order chi connectivity index (χ1) is 7.68. The third-order valence-corrected chi connectivity index (χ3v) is 2.35. The Bertz CT molecular complexity index is 507. The summed E-state index contributed by atoms with van der Waals surface area (Å²) in [5, 5.41) is 10.6. The monoisotopic (exact) mass is 219 g/mol. The number of aromatic nitrogens is 3. The molecule has 2 aromatic rings. The number of nitrogens with zero attached hydrogens (tertiary/aromatic N) is 4. The van der Waals surface area contributed by atoms with Gasteiger partial charge < -0.3 is 10.1 Å². The van der Waals surface area contributed by atoms with E-state index in [0.717, 1.165) is 0 Å². The van der Waals surface area contributed by atoms with E-state index in [1.54, 1.807) is 7.05 Å². The first-order valence-corrected chi connectivity index (χ1v) is 4.77. The maximum absolute atomic E-state index is 10.6. The summed E-state index contributed by atoms with van der Waals surface area (Å²) in [6.07, 6.45) is 5.06. The van der Waals surface area contributed by atoms with E-state index < -0.39 is 4.92 Å². The number of imidazole rings is 1. The summed E-state index contributed by atoms with van der Waals surface area (Å²) in [6.45, 7) is 0.519. The quantitative estimate of drug-likeness (QED) is 0.433. The van der Waals surface area contributed by atoms with E-state index in [-0.39, 0.29) is 5.82 Å². The molecule has 2 aromatic heterocycles. The Morgan fingerprint density at radius 3 is 2.69 bits per heavy atom. The van der Waals surface area contributed by atoms with Gasteiger partial charge in [-0.05, 0) is 4.92 Å². The molecule has 0 aliphatic carbocycles. The summed E-state index contributed by atoms with van der Waals surface area (Å²) in [7, 11) is 1.64. The summed E-state index contributed by atoms with van der Waals surface area (Å²) >= 11 is 0. The normalized spacial score (nSPS) is 10.3. The lowest BCUT2D eigenvalue weighted by molar-refractivity contribution is -0.689.